The molecule has 0 saturated carbocycles. The molecule has 4 heteroatoms. The zero-order valence-corrected chi connectivity index (χ0v) is 13.3. The van der Waals surface area contributed by atoms with E-state index in [0.717, 1.165) is 10.8 Å². The monoisotopic (exact) mass is 323 g/mol. The van der Waals surface area contributed by atoms with Crippen molar-refractivity contribution in [3.05, 3.63) is 72.5 Å². The molecule has 0 saturated heterocycles. The fourth-order valence-corrected chi connectivity index (χ4v) is 2.55. The van der Waals surface area contributed by atoms with Crippen LogP contribution in [0, 0.1) is 5.82 Å². The van der Waals surface area contributed by atoms with Crippen LogP contribution in [-0.4, -0.2) is 12.0 Å². The molecular weight excluding hydrogens is 305 g/mol. The normalized spacial score (nSPS) is 11.9. The maximum atomic E-state index is 13.7. The third-order valence-corrected chi connectivity index (χ3v) is 3.81. The number of hydrogen-bond acceptors (Lipinski definition) is 2. The summed E-state index contributed by atoms with van der Waals surface area (Å²) in [6.07, 6.45) is -0.223. The van der Waals surface area contributed by atoms with Crippen molar-refractivity contribution >= 4 is 22.4 Å². The lowest BCUT2D eigenvalue weighted by Crippen LogP contribution is -2.32. The molecule has 3 aromatic carbocycles. The zero-order chi connectivity index (χ0) is 16.9. The van der Waals surface area contributed by atoms with Gasteiger partial charge in [-0.1, -0.05) is 55.5 Å². The SMILES string of the molecule is CCC(Oc1cccc2ccccc12)C(=O)Nc1ccccc1F. The standard InChI is InChI=1S/C20H18FNO2/c1-2-18(20(23)22-17-12-6-5-11-16(17)21)24-19-13-7-9-14-8-3-4-10-15(14)19/h3-13,18H,2H2,1H3,(H,22,23). The van der Waals surface area contributed by atoms with Gasteiger partial charge in [0.1, 0.15) is 11.6 Å². The van der Waals surface area contributed by atoms with Crippen LogP contribution in [0.3, 0.4) is 0 Å². The van der Waals surface area contributed by atoms with Gasteiger partial charge in [-0.05, 0) is 30.0 Å². The average molecular weight is 323 g/mol. The number of hydrogen-bond donors (Lipinski definition) is 1. The molecule has 0 fully saturated rings. The van der Waals surface area contributed by atoms with Gasteiger partial charge in [-0.25, -0.2) is 4.39 Å². The molecule has 1 amide bonds. The third-order valence-electron chi connectivity index (χ3n) is 3.81. The Morgan fingerprint density at radius 3 is 2.54 bits per heavy atom. The van der Waals surface area contributed by atoms with E-state index in [0.29, 0.717) is 12.2 Å². The summed E-state index contributed by atoms with van der Waals surface area (Å²) in [5, 5.41) is 4.57. The van der Waals surface area contributed by atoms with Crippen LogP contribution < -0.4 is 10.1 Å². The number of para-hydroxylation sites is 1. The van der Waals surface area contributed by atoms with E-state index in [-0.39, 0.29) is 11.6 Å². The Labute approximate surface area is 140 Å². The molecule has 0 bridgehead atoms. The maximum Gasteiger partial charge on any atom is 0.265 e. The summed E-state index contributed by atoms with van der Waals surface area (Å²) < 4.78 is 19.6. The van der Waals surface area contributed by atoms with Gasteiger partial charge in [0.05, 0.1) is 5.69 Å². The molecule has 3 rings (SSSR count). The minimum absolute atomic E-state index is 0.155. The Kier molecular flexibility index (Phi) is 4.75. The van der Waals surface area contributed by atoms with Crippen molar-refractivity contribution in [3.63, 3.8) is 0 Å². The van der Waals surface area contributed by atoms with E-state index >= 15 is 0 Å². The summed E-state index contributed by atoms with van der Waals surface area (Å²) in [4.78, 5) is 12.4. The minimum atomic E-state index is -0.699. The van der Waals surface area contributed by atoms with E-state index < -0.39 is 11.9 Å². The highest BCUT2D eigenvalue weighted by atomic mass is 19.1. The van der Waals surface area contributed by atoms with Crippen LogP contribution in [0.1, 0.15) is 13.3 Å². The van der Waals surface area contributed by atoms with Crippen molar-refractivity contribution in [3.8, 4) is 5.75 Å². The Hall–Kier alpha value is -2.88. The van der Waals surface area contributed by atoms with Crippen molar-refractivity contribution in [2.75, 3.05) is 5.32 Å². The van der Waals surface area contributed by atoms with Crippen molar-refractivity contribution in [1.82, 2.24) is 0 Å². The lowest BCUT2D eigenvalue weighted by molar-refractivity contribution is -0.122. The van der Waals surface area contributed by atoms with Crippen molar-refractivity contribution in [2.45, 2.75) is 19.4 Å². The number of rotatable bonds is 5. The summed E-state index contributed by atoms with van der Waals surface area (Å²) >= 11 is 0. The van der Waals surface area contributed by atoms with Gasteiger partial charge in [0.2, 0.25) is 0 Å². The fraction of sp³-hybridized carbons (Fsp3) is 0.150. The Bertz CT molecular complexity index is 858. The van der Waals surface area contributed by atoms with Gasteiger partial charge >= 0.3 is 0 Å². The molecule has 3 nitrogen and oxygen atoms in total. The topological polar surface area (TPSA) is 38.3 Å². The van der Waals surface area contributed by atoms with Crippen LogP contribution >= 0.6 is 0 Å². The number of nitrogens with one attached hydrogen (secondary N) is 1. The molecular formula is C20H18FNO2. The van der Waals surface area contributed by atoms with Gasteiger partial charge in [-0.15, -0.1) is 0 Å². The van der Waals surface area contributed by atoms with Crippen molar-refractivity contribution in [1.29, 1.82) is 0 Å². The first-order valence-electron chi connectivity index (χ1n) is 7.89. The molecule has 1 unspecified atom stereocenters. The molecule has 0 aliphatic carbocycles. The summed E-state index contributed by atoms with van der Waals surface area (Å²) in [6, 6.07) is 19.6. The summed E-state index contributed by atoms with van der Waals surface area (Å²) in [5.74, 6) is -0.190. The number of halogens is 1. The molecule has 24 heavy (non-hydrogen) atoms. The van der Waals surface area contributed by atoms with Gasteiger partial charge in [0.25, 0.3) is 5.91 Å². The zero-order valence-electron chi connectivity index (χ0n) is 13.3. The van der Waals surface area contributed by atoms with Crippen LogP contribution in [0.5, 0.6) is 5.75 Å². The molecule has 0 aromatic heterocycles. The molecule has 0 aliphatic heterocycles. The smallest absolute Gasteiger partial charge is 0.265 e. The number of anilines is 1. The van der Waals surface area contributed by atoms with Crippen molar-refractivity contribution < 1.29 is 13.9 Å². The van der Waals surface area contributed by atoms with Gasteiger partial charge < -0.3 is 10.1 Å². The van der Waals surface area contributed by atoms with Crippen LogP contribution in [-0.2, 0) is 4.79 Å². The van der Waals surface area contributed by atoms with E-state index in [4.69, 9.17) is 4.74 Å². The number of benzene rings is 3. The molecule has 0 radical (unpaired) electrons. The van der Waals surface area contributed by atoms with E-state index in [2.05, 4.69) is 5.32 Å². The molecule has 1 atom stereocenters. The first kappa shape index (κ1) is 16.0. The van der Waals surface area contributed by atoms with Gasteiger partial charge in [0, 0.05) is 5.39 Å². The second kappa shape index (κ2) is 7.13. The average Bonchev–Trinajstić information content (AvgIpc) is 2.61. The number of carbonyl (C=O) groups is 1. The Morgan fingerprint density at radius 2 is 1.75 bits per heavy atom. The summed E-state index contributed by atoms with van der Waals surface area (Å²) in [7, 11) is 0. The quantitative estimate of drug-likeness (QED) is 0.734. The first-order valence-corrected chi connectivity index (χ1v) is 7.89. The molecule has 0 heterocycles. The fourth-order valence-electron chi connectivity index (χ4n) is 2.55. The summed E-state index contributed by atoms with van der Waals surface area (Å²) in [6.45, 7) is 1.86. The predicted molar refractivity (Wildman–Crippen MR) is 93.7 cm³/mol. The highest BCUT2D eigenvalue weighted by Gasteiger charge is 2.20. The third kappa shape index (κ3) is 3.38. The second-order valence-corrected chi connectivity index (χ2v) is 5.46. The number of carbonyl (C=O) groups excluding carboxylic acids is 1. The van der Waals surface area contributed by atoms with Crippen LogP contribution in [0.4, 0.5) is 10.1 Å². The van der Waals surface area contributed by atoms with Crippen molar-refractivity contribution in [2.24, 2.45) is 0 Å². The first-order chi connectivity index (χ1) is 11.7. The Morgan fingerprint density at radius 1 is 1.04 bits per heavy atom. The maximum absolute atomic E-state index is 13.7. The van der Waals surface area contributed by atoms with Gasteiger partial charge in [-0.2, -0.15) is 0 Å². The summed E-state index contributed by atoms with van der Waals surface area (Å²) in [5.41, 5.74) is 0.155. The predicted octanol–water partition coefficient (Wildman–Crippen LogP) is 4.78. The van der Waals surface area contributed by atoms with Crippen LogP contribution in [0.15, 0.2) is 66.7 Å². The van der Waals surface area contributed by atoms with Gasteiger partial charge in [-0.3, -0.25) is 4.79 Å². The number of ether oxygens (including phenoxy) is 1. The molecule has 0 aliphatic rings. The molecule has 1 N–H and O–H groups in total. The lowest BCUT2D eigenvalue weighted by Gasteiger charge is -2.18. The highest BCUT2D eigenvalue weighted by molar-refractivity contribution is 5.95. The second-order valence-electron chi connectivity index (χ2n) is 5.46. The van der Waals surface area contributed by atoms with E-state index in [9.17, 15) is 9.18 Å². The van der Waals surface area contributed by atoms with Crippen LogP contribution in [0.2, 0.25) is 0 Å². The van der Waals surface area contributed by atoms with E-state index in [1.807, 2.05) is 49.4 Å². The van der Waals surface area contributed by atoms with E-state index in [1.54, 1.807) is 12.1 Å². The van der Waals surface area contributed by atoms with Gasteiger partial charge in [0.15, 0.2) is 6.10 Å². The highest BCUT2D eigenvalue weighted by Crippen LogP contribution is 2.27. The largest absolute Gasteiger partial charge is 0.480 e. The minimum Gasteiger partial charge on any atom is -0.480 e. The molecule has 122 valence electrons. The number of amides is 1. The van der Waals surface area contributed by atoms with E-state index in [1.165, 1.54) is 12.1 Å². The number of fused-ring (bicyclic) bond motifs is 1. The molecule has 3 aromatic rings. The Balaban J connectivity index is 1.81. The van der Waals surface area contributed by atoms with Crippen LogP contribution in [0.25, 0.3) is 10.8 Å². The molecule has 0 spiro atoms. The lowest BCUT2D eigenvalue weighted by atomic mass is 10.1.